The molecule has 7 nitrogen and oxygen atoms in total. The van der Waals surface area contributed by atoms with Crippen molar-refractivity contribution in [2.45, 2.75) is 19.9 Å². The zero-order valence-electron chi connectivity index (χ0n) is 13.7. The molecule has 0 aliphatic carbocycles. The van der Waals surface area contributed by atoms with Crippen molar-refractivity contribution in [2.75, 3.05) is 13.2 Å². The van der Waals surface area contributed by atoms with Crippen molar-refractivity contribution in [3.05, 3.63) is 47.3 Å². The van der Waals surface area contributed by atoms with Crippen LogP contribution in [0, 0.1) is 0 Å². The van der Waals surface area contributed by atoms with Gasteiger partial charge in [-0.05, 0) is 19.1 Å². The van der Waals surface area contributed by atoms with Gasteiger partial charge in [0.2, 0.25) is 0 Å². The number of hydrogen-bond donors (Lipinski definition) is 0. The van der Waals surface area contributed by atoms with Crippen molar-refractivity contribution in [2.24, 2.45) is 7.05 Å². The van der Waals surface area contributed by atoms with Crippen LogP contribution in [0.15, 0.2) is 30.3 Å². The summed E-state index contributed by atoms with van der Waals surface area (Å²) in [5.74, 6) is 0.0668. The van der Waals surface area contributed by atoms with E-state index in [0.29, 0.717) is 31.0 Å². The Morgan fingerprint density at radius 3 is 2.71 bits per heavy atom. The maximum Gasteiger partial charge on any atom is 0.415 e. The van der Waals surface area contributed by atoms with E-state index in [2.05, 4.69) is 5.10 Å². The lowest BCUT2D eigenvalue weighted by Gasteiger charge is -2.25. The van der Waals surface area contributed by atoms with Crippen molar-refractivity contribution in [1.29, 1.82) is 0 Å². The first-order valence-electron chi connectivity index (χ1n) is 7.83. The largest absolute Gasteiger partial charge is 0.461 e. The van der Waals surface area contributed by atoms with Gasteiger partial charge in [0.15, 0.2) is 5.69 Å². The van der Waals surface area contributed by atoms with Gasteiger partial charge in [-0.1, -0.05) is 18.2 Å². The Bertz CT molecular complexity index is 755. The minimum Gasteiger partial charge on any atom is -0.461 e. The van der Waals surface area contributed by atoms with Crippen molar-refractivity contribution in [3.8, 4) is 5.75 Å². The molecule has 0 atom stereocenters. The lowest BCUT2D eigenvalue weighted by Crippen LogP contribution is -2.38. The molecule has 0 radical (unpaired) electrons. The van der Waals surface area contributed by atoms with Gasteiger partial charge >= 0.3 is 12.1 Å². The lowest BCUT2D eigenvalue weighted by atomic mass is 10.1. The molecule has 0 fully saturated rings. The summed E-state index contributed by atoms with van der Waals surface area (Å²) in [6.07, 6.45) is 0.137. The van der Waals surface area contributed by atoms with Crippen LogP contribution in [0.2, 0.25) is 0 Å². The van der Waals surface area contributed by atoms with Gasteiger partial charge in [-0.3, -0.25) is 4.68 Å². The third-order valence-electron chi connectivity index (χ3n) is 3.87. The van der Waals surface area contributed by atoms with Gasteiger partial charge < -0.3 is 14.4 Å². The fraction of sp³-hybridized carbons (Fsp3) is 0.353. The number of carbonyl (C=O) groups is 2. The van der Waals surface area contributed by atoms with E-state index in [4.69, 9.17) is 9.47 Å². The van der Waals surface area contributed by atoms with Gasteiger partial charge in [-0.25, -0.2) is 9.59 Å². The summed E-state index contributed by atoms with van der Waals surface area (Å²) in [5.41, 5.74) is 1.94. The van der Waals surface area contributed by atoms with Crippen molar-refractivity contribution < 1.29 is 19.1 Å². The average molecular weight is 329 g/mol. The monoisotopic (exact) mass is 329 g/mol. The van der Waals surface area contributed by atoms with Crippen LogP contribution in [0.5, 0.6) is 5.75 Å². The molecule has 0 unspecified atom stereocenters. The van der Waals surface area contributed by atoms with E-state index in [1.165, 1.54) is 4.68 Å². The molecule has 126 valence electrons. The highest BCUT2D eigenvalue weighted by Gasteiger charge is 2.30. The summed E-state index contributed by atoms with van der Waals surface area (Å²) in [6.45, 7) is 2.82. The Kier molecular flexibility index (Phi) is 4.50. The number of aromatic nitrogens is 2. The number of hydrogen-bond acceptors (Lipinski definition) is 5. The van der Waals surface area contributed by atoms with Gasteiger partial charge in [-0.2, -0.15) is 5.10 Å². The van der Waals surface area contributed by atoms with E-state index in [1.807, 2.05) is 6.07 Å². The molecule has 0 bridgehead atoms. The third-order valence-corrected chi connectivity index (χ3v) is 3.87. The highest BCUT2D eigenvalue weighted by atomic mass is 16.6. The van der Waals surface area contributed by atoms with E-state index in [-0.39, 0.29) is 6.54 Å². The smallest absolute Gasteiger partial charge is 0.415 e. The summed E-state index contributed by atoms with van der Waals surface area (Å²) in [4.78, 5) is 26.1. The van der Waals surface area contributed by atoms with Crippen molar-refractivity contribution in [1.82, 2.24) is 14.7 Å². The van der Waals surface area contributed by atoms with Crippen LogP contribution < -0.4 is 4.74 Å². The van der Waals surface area contributed by atoms with Crippen molar-refractivity contribution in [3.63, 3.8) is 0 Å². The average Bonchev–Trinajstić information content (AvgIpc) is 2.90. The lowest BCUT2D eigenvalue weighted by molar-refractivity contribution is 0.0510. The van der Waals surface area contributed by atoms with Gasteiger partial charge in [0.05, 0.1) is 18.8 Å². The predicted octanol–water partition coefficient (Wildman–Crippen LogP) is 2.15. The quantitative estimate of drug-likeness (QED) is 0.807. The van der Waals surface area contributed by atoms with E-state index in [9.17, 15) is 9.59 Å². The normalized spacial score (nSPS) is 13.3. The van der Waals surface area contributed by atoms with Crippen LogP contribution in [-0.4, -0.2) is 39.9 Å². The summed E-state index contributed by atoms with van der Waals surface area (Å²) in [5, 5.41) is 4.37. The molecule has 1 amide bonds. The summed E-state index contributed by atoms with van der Waals surface area (Å²) in [6, 6.07) is 8.91. The molecular formula is C17H19N3O4. The molecular weight excluding hydrogens is 310 g/mol. The number of nitrogens with zero attached hydrogens (tertiary/aromatic N) is 3. The van der Waals surface area contributed by atoms with Crippen LogP contribution >= 0.6 is 0 Å². The third kappa shape index (κ3) is 3.10. The first-order valence-corrected chi connectivity index (χ1v) is 7.83. The molecule has 0 saturated heterocycles. The molecule has 1 aromatic heterocycles. The van der Waals surface area contributed by atoms with Crippen LogP contribution in [0.3, 0.4) is 0 Å². The van der Waals surface area contributed by atoms with Gasteiger partial charge in [0.1, 0.15) is 5.75 Å². The van der Waals surface area contributed by atoms with E-state index in [0.717, 1.165) is 11.3 Å². The zero-order chi connectivity index (χ0) is 17.1. The molecule has 1 aliphatic rings. The van der Waals surface area contributed by atoms with Crippen LogP contribution in [-0.2, 0) is 24.8 Å². The molecule has 0 spiro atoms. The molecule has 3 rings (SSSR count). The molecule has 2 heterocycles. The van der Waals surface area contributed by atoms with Crippen LogP contribution in [0.1, 0.15) is 28.7 Å². The second-order valence-electron chi connectivity index (χ2n) is 5.47. The van der Waals surface area contributed by atoms with Gasteiger partial charge in [0, 0.05) is 25.6 Å². The summed E-state index contributed by atoms with van der Waals surface area (Å²) in [7, 11) is 1.71. The second kappa shape index (κ2) is 6.74. The van der Waals surface area contributed by atoms with E-state index >= 15 is 0 Å². The molecule has 0 N–H and O–H groups in total. The Balaban J connectivity index is 1.78. The molecule has 1 aromatic carbocycles. The minimum atomic E-state index is -0.439. The highest BCUT2D eigenvalue weighted by Crippen LogP contribution is 2.23. The number of rotatable bonds is 3. The number of fused-ring (bicyclic) bond motifs is 1. The molecule has 24 heavy (non-hydrogen) atoms. The Morgan fingerprint density at radius 2 is 2.00 bits per heavy atom. The molecule has 7 heteroatoms. The van der Waals surface area contributed by atoms with Crippen molar-refractivity contribution >= 4 is 12.1 Å². The van der Waals surface area contributed by atoms with Crippen LogP contribution in [0.25, 0.3) is 0 Å². The Hall–Kier alpha value is -2.83. The Morgan fingerprint density at radius 1 is 1.25 bits per heavy atom. The van der Waals surface area contributed by atoms with E-state index < -0.39 is 12.1 Å². The van der Waals surface area contributed by atoms with E-state index in [1.54, 1.807) is 43.1 Å². The number of benzene rings is 1. The first kappa shape index (κ1) is 16.0. The maximum absolute atomic E-state index is 12.4. The molecule has 2 aromatic rings. The van der Waals surface area contributed by atoms with Gasteiger partial charge in [-0.15, -0.1) is 0 Å². The standard InChI is InChI=1S/C17H19N3O4/c1-3-23-16(21)15-13-11-20(10-9-14(13)18-19(15)2)17(22)24-12-7-5-4-6-8-12/h4-8H,3,9-11H2,1-2H3. The fourth-order valence-electron chi connectivity index (χ4n) is 2.77. The number of para-hydroxylation sites is 1. The summed E-state index contributed by atoms with van der Waals surface area (Å²) >= 11 is 0. The summed E-state index contributed by atoms with van der Waals surface area (Å²) < 4.78 is 12.0. The number of ether oxygens (including phenoxy) is 2. The number of carbonyl (C=O) groups excluding carboxylic acids is 2. The first-order chi connectivity index (χ1) is 11.6. The number of amides is 1. The molecule has 1 aliphatic heterocycles. The predicted molar refractivity (Wildman–Crippen MR) is 85.7 cm³/mol. The maximum atomic E-state index is 12.4. The number of esters is 1. The minimum absolute atomic E-state index is 0.281. The number of aryl methyl sites for hydroxylation is 1. The second-order valence-corrected chi connectivity index (χ2v) is 5.47. The Labute approximate surface area is 139 Å². The zero-order valence-corrected chi connectivity index (χ0v) is 13.7. The SMILES string of the molecule is CCOC(=O)c1c2c(nn1C)CCN(C(=O)Oc1ccccc1)C2. The van der Waals surface area contributed by atoms with Crippen LogP contribution in [0.4, 0.5) is 4.79 Å². The van der Waals surface area contributed by atoms with Gasteiger partial charge in [0.25, 0.3) is 0 Å². The highest BCUT2D eigenvalue weighted by molar-refractivity contribution is 5.89. The fourth-order valence-corrected chi connectivity index (χ4v) is 2.77. The topological polar surface area (TPSA) is 73.7 Å². The molecule has 0 saturated carbocycles.